The first kappa shape index (κ1) is 15.7. The fourth-order valence-electron chi connectivity index (χ4n) is 2.74. The molecule has 1 heterocycles. The van der Waals surface area contributed by atoms with Gasteiger partial charge in [-0.25, -0.2) is 0 Å². The minimum Gasteiger partial charge on any atom is -0.508 e. The summed E-state index contributed by atoms with van der Waals surface area (Å²) in [5.41, 5.74) is 2.18. The third-order valence-electron chi connectivity index (χ3n) is 4.00. The number of benzene rings is 2. The highest BCUT2D eigenvalue weighted by atomic mass is 79.9. The van der Waals surface area contributed by atoms with Crippen LogP contribution in [0, 0.1) is 0 Å². The van der Waals surface area contributed by atoms with Gasteiger partial charge in [0.1, 0.15) is 5.75 Å². The van der Waals surface area contributed by atoms with Crippen molar-refractivity contribution < 1.29 is 5.11 Å². The van der Waals surface area contributed by atoms with E-state index in [4.69, 9.17) is 11.6 Å². The van der Waals surface area contributed by atoms with E-state index in [-0.39, 0.29) is 0 Å². The van der Waals surface area contributed by atoms with Gasteiger partial charge >= 0.3 is 0 Å². The van der Waals surface area contributed by atoms with E-state index in [1.807, 2.05) is 24.3 Å². The molecule has 1 aliphatic heterocycles. The van der Waals surface area contributed by atoms with Gasteiger partial charge in [0.15, 0.2) is 0 Å². The Kier molecular flexibility index (Phi) is 4.91. The maximum atomic E-state index is 9.95. The highest BCUT2D eigenvalue weighted by Crippen LogP contribution is 2.24. The van der Waals surface area contributed by atoms with Crippen LogP contribution in [0.5, 0.6) is 5.75 Å². The van der Waals surface area contributed by atoms with E-state index in [9.17, 15) is 5.11 Å². The molecule has 1 aliphatic rings. The summed E-state index contributed by atoms with van der Waals surface area (Å²) < 4.78 is 1.00. The fraction of sp³-hybridized carbons (Fsp3) is 0.294. The van der Waals surface area contributed by atoms with Crippen LogP contribution in [0.3, 0.4) is 0 Å². The molecule has 0 amide bonds. The summed E-state index contributed by atoms with van der Waals surface area (Å²) in [6.45, 7) is 4.70. The van der Waals surface area contributed by atoms with Crippen molar-refractivity contribution in [1.82, 2.24) is 4.90 Å². The second-order valence-corrected chi connectivity index (χ2v) is 6.86. The molecule has 22 heavy (non-hydrogen) atoms. The monoisotopic (exact) mass is 380 g/mol. The molecule has 0 aromatic heterocycles. The van der Waals surface area contributed by atoms with Gasteiger partial charge in [0, 0.05) is 53.5 Å². The van der Waals surface area contributed by atoms with Gasteiger partial charge in [0.25, 0.3) is 0 Å². The summed E-state index contributed by atoms with van der Waals surface area (Å²) in [6, 6.07) is 13.6. The van der Waals surface area contributed by atoms with Crippen LogP contribution in [0.25, 0.3) is 0 Å². The molecule has 3 nitrogen and oxygen atoms in total. The quantitative estimate of drug-likeness (QED) is 0.866. The number of halogens is 2. The summed E-state index contributed by atoms with van der Waals surface area (Å²) in [4.78, 5) is 4.74. The molecule has 3 rings (SSSR count). The van der Waals surface area contributed by atoms with Gasteiger partial charge < -0.3 is 10.0 Å². The molecular weight excluding hydrogens is 364 g/mol. The summed E-state index contributed by atoms with van der Waals surface area (Å²) in [6.07, 6.45) is 0. The lowest BCUT2D eigenvalue weighted by molar-refractivity contribution is 0.246. The second kappa shape index (κ2) is 6.90. The molecule has 0 aliphatic carbocycles. The summed E-state index contributed by atoms with van der Waals surface area (Å²) in [7, 11) is 0. The van der Waals surface area contributed by atoms with E-state index in [1.165, 1.54) is 5.69 Å². The first-order valence-corrected chi connectivity index (χ1v) is 8.49. The van der Waals surface area contributed by atoms with Crippen LogP contribution in [0.4, 0.5) is 5.69 Å². The van der Waals surface area contributed by atoms with Crippen LogP contribution in [0.1, 0.15) is 5.56 Å². The highest BCUT2D eigenvalue weighted by Gasteiger charge is 2.18. The average Bonchev–Trinajstić information content (AvgIpc) is 2.53. The highest BCUT2D eigenvalue weighted by molar-refractivity contribution is 9.10. The molecule has 1 saturated heterocycles. The standard InChI is InChI=1S/C17H18BrClN2O/c18-14-1-6-17(22)13(11-14)12-20-7-9-21(10-8-20)16-4-2-15(19)3-5-16/h1-6,11,22H,7-10,12H2. The second-order valence-electron chi connectivity index (χ2n) is 5.51. The van der Waals surface area contributed by atoms with E-state index in [0.29, 0.717) is 5.75 Å². The van der Waals surface area contributed by atoms with Gasteiger partial charge in [0.2, 0.25) is 0 Å². The molecule has 0 radical (unpaired) electrons. The molecule has 0 bridgehead atoms. The molecule has 2 aromatic rings. The maximum absolute atomic E-state index is 9.95. The Bertz CT molecular complexity index is 640. The largest absolute Gasteiger partial charge is 0.508 e. The van der Waals surface area contributed by atoms with Crippen LogP contribution >= 0.6 is 27.5 Å². The van der Waals surface area contributed by atoms with Crippen molar-refractivity contribution >= 4 is 33.2 Å². The number of aromatic hydroxyl groups is 1. The summed E-state index contributed by atoms with van der Waals surface area (Å²) >= 11 is 9.40. The van der Waals surface area contributed by atoms with Crippen molar-refractivity contribution in [2.24, 2.45) is 0 Å². The third kappa shape index (κ3) is 3.75. The number of hydrogen-bond donors (Lipinski definition) is 1. The van der Waals surface area contributed by atoms with Crippen LogP contribution in [0.15, 0.2) is 46.9 Å². The normalized spacial score (nSPS) is 16.0. The lowest BCUT2D eigenvalue weighted by Gasteiger charge is -2.36. The van der Waals surface area contributed by atoms with Crippen molar-refractivity contribution in [3.63, 3.8) is 0 Å². The zero-order valence-electron chi connectivity index (χ0n) is 12.2. The number of anilines is 1. The van der Waals surface area contributed by atoms with Crippen molar-refractivity contribution in [3.05, 3.63) is 57.5 Å². The first-order valence-electron chi connectivity index (χ1n) is 7.32. The van der Waals surface area contributed by atoms with Gasteiger partial charge in [0.05, 0.1) is 0 Å². The minimum absolute atomic E-state index is 0.364. The van der Waals surface area contributed by atoms with Gasteiger partial charge in [-0.3, -0.25) is 4.90 Å². The Morgan fingerprint density at radius 2 is 1.68 bits per heavy atom. The Hall–Kier alpha value is -1.23. The lowest BCUT2D eigenvalue weighted by atomic mass is 10.1. The maximum Gasteiger partial charge on any atom is 0.120 e. The molecule has 2 aromatic carbocycles. The number of phenolic OH excluding ortho intramolecular Hbond substituents is 1. The van der Waals surface area contributed by atoms with Crippen LogP contribution in [0.2, 0.25) is 5.02 Å². The fourth-order valence-corrected chi connectivity index (χ4v) is 3.27. The SMILES string of the molecule is Oc1ccc(Br)cc1CN1CCN(c2ccc(Cl)cc2)CC1. The van der Waals surface area contributed by atoms with E-state index >= 15 is 0 Å². The predicted octanol–water partition coefficient (Wildman–Crippen LogP) is 4.13. The van der Waals surface area contributed by atoms with Crippen molar-refractivity contribution in [2.75, 3.05) is 31.1 Å². The molecule has 0 unspecified atom stereocenters. The molecular formula is C17H18BrClN2O. The number of hydrogen-bond acceptors (Lipinski definition) is 3. The van der Waals surface area contributed by atoms with E-state index in [2.05, 4.69) is 37.9 Å². The van der Waals surface area contributed by atoms with Crippen molar-refractivity contribution in [1.29, 1.82) is 0 Å². The zero-order valence-corrected chi connectivity index (χ0v) is 14.5. The molecule has 0 saturated carbocycles. The van der Waals surface area contributed by atoms with Gasteiger partial charge in [-0.15, -0.1) is 0 Å². The van der Waals surface area contributed by atoms with Crippen LogP contribution in [-0.2, 0) is 6.54 Å². The summed E-state index contributed by atoms with van der Waals surface area (Å²) in [5, 5.41) is 10.7. The predicted molar refractivity (Wildman–Crippen MR) is 94.7 cm³/mol. The number of phenols is 1. The van der Waals surface area contributed by atoms with E-state index in [0.717, 1.165) is 47.8 Å². The topological polar surface area (TPSA) is 26.7 Å². The zero-order chi connectivity index (χ0) is 15.5. The molecule has 116 valence electrons. The van der Waals surface area contributed by atoms with Gasteiger partial charge in [-0.1, -0.05) is 27.5 Å². The number of rotatable bonds is 3. The Morgan fingerprint density at radius 3 is 2.36 bits per heavy atom. The lowest BCUT2D eigenvalue weighted by Crippen LogP contribution is -2.45. The summed E-state index contributed by atoms with van der Waals surface area (Å²) in [5.74, 6) is 0.364. The van der Waals surface area contributed by atoms with Crippen molar-refractivity contribution in [3.8, 4) is 5.75 Å². The van der Waals surface area contributed by atoms with Crippen molar-refractivity contribution in [2.45, 2.75) is 6.54 Å². The first-order chi connectivity index (χ1) is 10.6. The van der Waals surface area contributed by atoms with Crippen LogP contribution < -0.4 is 4.90 Å². The Morgan fingerprint density at radius 1 is 1.00 bits per heavy atom. The Balaban J connectivity index is 1.60. The number of nitrogens with zero attached hydrogens (tertiary/aromatic N) is 2. The number of piperazine rings is 1. The molecule has 1 fully saturated rings. The molecule has 0 atom stereocenters. The molecule has 5 heteroatoms. The van der Waals surface area contributed by atoms with E-state index in [1.54, 1.807) is 6.07 Å². The van der Waals surface area contributed by atoms with Gasteiger partial charge in [-0.05, 0) is 42.5 Å². The van der Waals surface area contributed by atoms with E-state index < -0.39 is 0 Å². The smallest absolute Gasteiger partial charge is 0.120 e. The molecule has 0 spiro atoms. The van der Waals surface area contributed by atoms with Crippen LogP contribution in [-0.4, -0.2) is 36.2 Å². The minimum atomic E-state index is 0.364. The molecule has 1 N–H and O–H groups in total. The van der Waals surface area contributed by atoms with Gasteiger partial charge in [-0.2, -0.15) is 0 Å². The average molecular weight is 382 g/mol. The Labute approximate surface area is 144 Å². The third-order valence-corrected chi connectivity index (χ3v) is 4.74.